The second kappa shape index (κ2) is 4.55. The summed E-state index contributed by atoms with van der Waals surface area (Å²) in [6.07, 6.45) is 0. The van der Waals surface area contributed by atoms with Crippen LogP contribution in [-0.2, 0) is 9.84 Å². The van der Waals surface area contributed by atoms with Gasteiger partial charge in [-0.25, -0.2) is 8.42 Å². The Morgan fingerprint density at radius 2 is 2.05 bits per heavy atom. The number of anilines is 1. The second-order valence-corrected chi connectivity index (χ2v) is 8.80. The second-order valence-electron chi connectivity index (χ2n) is 4.57. The molecule has 2 aliphatic heterocycles. The standard InChI is InChI=1S/C11H10Cl2N2O2S2/c12-6-1-2-8(7(13)3-6)15-9-4-19(16,17)5-10(9)18-11(15)14/h1-3,9-10,14H,4-5H2. The van der Waals surface area contributed by atoms with E-state index in [1.54, 1.807) is 23.1 Å². The minimum Gasteiger partial charge on any atom is -0.315 e. The topological polar surface area (TPSA) is 61.2 Å². The van der Waals surface area contributed by atoms with Crippen LogP contribution >= 0.6 is 35.0 Å². The Bertz CT molecular complexity index is 663. The quantitative estimate of drug-likeness (QED) is 0.856. The summed E-state index contributed by atoms with van der Waals surface area (Å²) in [7, 11) is -3.02. The zero-order valence-electron chi connectivity index (χ0n) is 9.64. The van der Waals surface area contributed by atoms with E-state index < -0.39 is 9.84 Å². The summed E-state index contributed by atoms with van der Waals surface area (Å²) in [5.74, 6) is 0.207. The van der Waals surface area contributed by atoms with Crippen molar-refractivity contribution in [1.29, 1.82) is 5.41 Å². The van der Waals surface area contributed by atoms with Crippen LogP contribution in [0.3, 0.4) is 0 Å². The first kappa shape index (κ1) is 13.5. The Morgan fingerprint density at radius 3 is 2.74 bits per heavy atom. The number of hydrogen-bond donors (Lipinski definition) is 1. The number of halogens is 2. The number of thioether (sulfide) groups is 1. The van der Waals surface area contributed by atoms with Gasteiger partial charge in [-0.15, -0.1) is 0 Å². The Morgan fingerprint density at radius 1 is 1.32 bits per heavy atom. The lowest BCUT2D eigenvalue weighted by atomic mass is 10.2. The average molecular weight is 337 g/mol. The van der Waals surface area contributed by atoms with E-state index in [4.69, 9.17) is 28.6 Å². The Labute approximate surface area is 125 Å². The van der Waals surface area contributed by atoms with Crippen LogP contribution in [0.15, 0.2) is 18.2 Å². The molecular formula is C11H10Cl2N2O2S2. The molecule has 4 nitrogen and oxygen atoms in total. The first-order valence-corrected chi connectivity index (χ1v) is 9.03. The van der Waals surface area contributed by atoms with Crippen molar-refractivity contribution in [2.75, 3.05) is 16.4 Å². The number of nitrogens with one attached hydrogen (secondary N) is 1. The molecule has 0 aliphatic carbocycles. The Hall–Kier alpha value is -0.430. The fraction of sp³-hybridized carbons (Fsp3) is 0.364. The summed E-state index contributed by atoms with van der Waals surface area (Å²) < 4.78 is 23.4. The highest BCUT2D eigenvalue weighted by molar-refractivity contribution is 8.15. The number of fused-ring (bicyclic) bond motifs is 1. The van der Waals surface area contributed by atoms with E-state index in [9.17, 15) is 8.42 Å². The van der Waals surface area contributed by atoms with E-state index >= 15 is 0 Å². The molecule has 2 fully saturated rings. The molecule has 0 aromatic heterocycles. The highest BCUT2D eigenvalue weighted by Crippen LogP contribution is 2.42. The van der Waals surface area contributed by atoms with Crippen molar-refractivity contribution in [2.24, 2.45) is 0 Å². The van der Waals surface area contributed by atoms with Crippen molar-refractivity contribution in [1.82, 2.24) is 0 Å². The van der Waals surface area contributed by atoms with Gasteiger partial charge >= 0.3 is 0 Å². The Kier molecular flexibility index (Phi) is 3.24. The van der Waals surface area contributed by atoms with Crippen molar-refractivity contribution in [2.45, 2.75) is 11.3 Å². The van der Waals surface area contributed by atoms with Gasteiger partial charge in [0.2, 0.25) is 0 Å². The van der Waals surface area contributed by atoms with Gasteiger partial charge in [0.05, 0.1) is 28.3 Å². The molecule has 2 aliphatic rings. The molecule has 0 radical (unpaired) electrons. The monoisotopic (exact) mass is 336 g/mol. The SMILES string of the molecule is N=C1SC2CS(=O)(=O)CC2N1c1ccc(Cl)cc1Cl. The van der Waals surface area contributed by atoms with E-state index in [0.717, 1.165) is 0 Å². The lowest BCUT2D eigenvalue weighted by Crippen LogP contribution is -2.37. The van der Waals surface area contributed by atoms with Crippen molar-refractivity contribution < 1.29 is 8.42 Å². The lowest BCUT2D eigenvalue weighted by molar-refractivity contribution is 0.601. The summed E-state index contributed by atoms with van der Waals surface area (Å²) in [6.45, 7) is 0. The smallest absolute Gasteiger partial charge is 0.161 e. The Balaban J connectivity index is 2.02. The van der Waals surface area contributed by atoms with Crippen LogP contribution < -0.4 is 4.90 Å². The molecular weight excluding hydrogens is 327 g/mol. The average Bonchev–Trinajstić information content (AvgIpc) is 2.70. The maximum Gasteiger partial charge on any atom is 0.161 e. The van der Waals surface area contributed by atoms with E-state index in [0.29, 0.717) is 20.9 Å². The van der Waals surface area contributed by atoms with E-state index in [2.05, 4.69) is 0 Å². The van der Waals surface area contributed by atoms with Crippen LogP contribution in [0.2, 0.25) is 10.0 Å². The van der Waals surface area contributed by atoms with Gasteiger partial charge in [-0.2, -0.15) is 0 Å². The van der Waals surface area contributed by atoms with Gasteiger partial charge < -0.3 is 4.90 Å². The van der Waals surface area contributed by atoms with Crippen LogP contribution in [0, 0.1) is 5.41 Å². The van der Waals surface area contributed by atoms with E-state index in [1.807, 2.05) is 0 Å². The number of amidine groups is 1. The summed E-state index contributed by atoms with van der Waals surface area (Å²) in [5, 5.41) is 9.24. The number of sulfone groups is 1. The molecule has 0 bridgehead atoms. The third-order valence-corrected chi connectivity index (χ3v) is 6.92. The zero-order valence-corrected chi connectivity index (χ0v) is 12.8. The summed E-state index contributed by atoms with van der Waals surface area (Å²) in [5.41, 5.74) is 0.646. The molecule has 1 N–H and O–H groups in total. The largest absolute Gasteiger partial charge is 0.315 e. The third kappa shape index (κ3) is 2.35. The van der Waals surface area contributed by atoms with Gasteiger partial charge in [-0.05, 0) is 18.2 Å². The molecule has 0 spiro atoms. The van der Waals surface area contributed by atoms with Crippen LogP contribution in [-0.4, -0.2) is 36.4 Å². The molecule has 19 heavy (non-hydrogen) atoms. The van der Waals surface area contributed by atoms with Crippen molar-refractivity contribution in [3.05, 3.63) is 28.2 Å². The number of rotatable bonds is 1. The molecule has 1 aromatic rings. The van der Waals surface area contributed by atoms with Crippen LogP contribution in [0.25, 0.3) is 0 Å². The van der Waals surface area contributed by atoms with Gasteiger partial charge in [-0.1, -0.05) is 35.0 Å². The first-order valence-electron chi connectivity index (χ1n) is 5.57. The fourth-order valence-corrected chi connectivity index (χ4v) is 6.75. The predicted molar refractivity (Wildman–Crippen MR) is 80.5 cm³/mol. The van der Waals surface area contributed by atoms with Gasteiger partial charge in [0, 0.05) is 10.3 Å². The minimum atomic E-state index is -3.02. The highest BCUT2D eigenvalue weighted by Gasteiger charge is 2.49. The molecule has 0 saturated carbocycles. The maximum atomic E-state index is 11.7. The van der Waals surface area contributed by atoms with Crippen molar-refractivity contribution in [3.63, 3.8) is 0 Å². The molecule has 3 rings (SSSR count). The lowest BCUT2D eigenvalue weighted by Gasteiger charge is -2.24. The normalized spacial score (nSPS) is 28.7. The van der Waals surface area contributed by atoms with E-state index in [1.165, 1.54) is 11.8 Å². The molecule has 2 heterocycles. The maximum absolute atomic E-state index is 11.7. The van der Waals surface area contributed by atoms with Crippen LogP contribution in [0.5, 0.6) is 0 Å². The number of hydrogen-bond acceptors (Lipinski definition) is 4. The summed E-state index contributed by atoms with van der Waals surface area (Å²) >= 11 is 13.3. The van der Waals surface area contributed by atoms with Crippen LogP contribution in [0.4, 0.5) is 5.69 Å². The summed E-state index contributed by atoms with van der Waals surface area (Å²) in [4.78, 5) is 1.71. The third-order valence-electron chi connectivity index (χ3n) is 3.25. The molecule has 8 heteroatoms. The van der Waals surface area contributed by atoms with Crippen molar-refractivity contribution >= 4 is 55.7 Å². The zero-order chi connectivity index (χ0) is 13.8. The van der Waals surface area contributed by atoms with Gasteiger partial charge in [0.1, 0.15) is 0 Å². The first-order chi connectivity index (χ1) is 8.87. The summed E-state index contributed by atoms with van der Waals surface area (Å²) in [6, 6.07) is 4.82. The van der Waals surface area contributed by atoms with Gasteiger partial charge in [-0.3, -0.25) is 5.41 Å². The van der Waals surface area contributed by atoms with Gasteiger partial charge in [0.15, 0.2) is 15.0 Å². The van der Waals surface area contributed by atoms with Crippen molar-refractivity contribution in [3.8, 4) is 0 Å². The molecule has 2 atom stereocenters. The molecule has 2 unspecified atom stereocenters. The minimum absolute atomic E-state index is 0.0754. The molecule has 2 saturated heterocycles. The molecule has 1 aromatic carbocycles. The van der Waals surface area contributed by atoms with Gasteiger partial charge in [0.25, 0.3) is 0 Å². The molecule has 102 valence electrons. The highest BCUT2D eigenvalue weighted by atomic mass is 35.5. The van der Waals surface area contributed by atoms with Crippen LogP contribution in [0.1, 0.15) is 0 Å². The van der Waals surface area contributed by atoms with E-state index in [-0.39, 0.29) is 22.8 Å². The number of nitrogens with zero attached hydrogens (tertiary/aromatic N) is 1. The fourth-order valence-electron chi connectivity index (χ4n) is 2.47. The molecule has 0 amide bonds. The predicted octanol–water partition coefficient (Wildman–Crippen LogP) is 2.65. The number of benzene rings is 1.